The molecule has 29 nitrogen and oxygen atoms in total. The van der Waals surface area contributed by atoms with Crippen molar-refractivity contribution in [2.24, 2.45) is 5.73 Å². The summed E-state index contributed by atoms with van der Waals surface area (Å²) in [5.74, 6) is -3.28. The summed E-state index contributed by atoms with van der Waals surface area (Å²) in [5, 5.41) is 32.5. The van der Waals surface area contributed by atoms with Crippen molar-refractivity contribution in [3.63, 3.8) is 0 Å². The Hall–Kier alpha value is -14.7. The third kappa shape index (κ3) is 17.5. The Bertz CT molecular complexity index is 6400. The van der Waals surface area contributed by atoms with Gasteiger partial charge in [0.25, 0.3) is 11.8 Å². The van der Waals surface area contributed by atoms with Gasteiger partial charge in [-0.25, -0.2) is 56.1 Å². The summed E-state index contributed by atoms with van der Waals surface area (Å²) < 4.78 is 73.5. The predicted molar refractivity (Wildman–Crippen MR) is 418 cm³/mol. The molecular formula is C82H72F3N15O14. The quantitative estimate of drug-likeness (QED) is 0.0563. The lowest BCUT2D eigenvalue weighted by Gasteiger charge is -2.19. The molecule has 32 heteroatoms. The number of benzene rings is 6. The van der Waals surface area contributed by atoms with Crippen molar-refractivity contribution in [2.45, 2.75) is 91.6 Å². The first kappa shape index (κ1) is 78.9. The van der Waals surface area contributed by atoms with Crippen molar-refractivity contribution < 1.29 is 65.0 Å². The van der Waals surface area contributed by atoms with E-state index in [2.05, 4.69) is 51.5 Å². The summed E-state index contributed by atoms with van der Waals surface area (Å²) in [5.41, 5.74) is 13.3. The summed E-state index contributed by atoms with van der Waals surface area (Å²) >= 11 is 0. The molecule has 15 aromatic rings. The molecular weight excluding hydrogens is 1480 g/mol. The molecule has 0 spiro atoms. The van der Waals surface area contributed by atoms with E-state index in [1.54, 1.807) is 148 Å². The second-order valence-corrected chi connectivity index (χ2v) is 27.6. The second kappa shape index (κ2) is 32.9. The number of carboxylic acids is 1. The van der Waals surface area contributed by atoms with Gasteiger partial charge in [0.15, 0.2) is 34.4 Å². The van der Waals surface area contributed by atoms with Gasteiger partial charge in [-0.15, -0.1) is 15.3 Å². The second-order valence-electron chi connectivity index (χ2n) is 27.6. The van der Waals surface area contributed by atoms with Gasteiger partial charge in [-0.2, -0.15) is 0 Å². The molecule has 0 saturated carbocycles. The fraction of sp³-hybridized carbons (Fsp3) is 0.171. The third-order valence-electron chi connectivity index (χ3n) is 16.8. The van der Waals surface area contributed by atoms with E-state index < -0.39 is 87.6 Å². The first-order chi connectivity index (χ1) is 54.3. The molecule has 4 amide bonds. The number of nitrogen functional groups attached to an aromatic ring is 1. The lowest BCUT2D eigenvalue weighted by Crippen LogP contribution is -2.30. The molecule has 9 heterocycles. The van der Waals surface area contributed by atoms with Gasteiger partial charge in [-0.3, -0.25) is 34.6 Å². The third-order valence-corrected chi connectivity index (χ3v) is 16.8. The molecule has 0 aliphatic carbocycles. The number of carbonyl (C=O) groups is 5. The summed E-state index contributed by atoms with van der Waals surface area (Å²) in [7, 11) is 0. The smallest absolute Gasteiger partial charge is 0.413 e. The SMILES string of the molecule is CC(C)(C)OC(=O)Nc1nn2cccnc2c1C(=O)O.C[C@H](N)c1oc2ccc(F)cc2c(=O)c1-c1ccccc1.C[C@H](NC(=O)c1c(N)nn2cccnc12)c1oc2ccc(F)cc2c(=O)c1-c1ccccc1.C[C@H](NC(=O)c1c(NC(=O)OC(C)(C)C)nn2cccnc12)c1oc2ccc(F)cc2c(=O)c1-c1ccccc1. The van der Waals surface area contributed by atoms with E-state index >= 15 is 0 Å². The molecule has 15 rings (SSSR count). The average molecular weight is 1550 g/mol. The number of halogens is 3. The van der Waals surface area contributed by atoms with Crippen LogP contribution in [-0.2, 0) is 9.47 Å². The lowest BCUT2D eigenvalue weighted by atomic mass is 9.99. The molecule has 6 aromatic carbocycles. The molecule has 0 radical (unpaired) electrons. The molecule has 0 unspecified atom stereocenters. The van der Waals surface area contributed by atoms with E-state index in [9.17, 15) is 56.6 Å². The van der Waals surface area contributed by atoms with Gasteiger partial charge >= 0.3 is 18.2 Å². The molecule has 0 fully saturated rings. The number of nitrogens with zero attached hydrogens (tertiary/aromatic N) is 9. The average Bonchev–Trinajstić information content (AvgIpc) is 1.37. The number of aromatic carboxylic acids is 1. The fourth-order valence-corrected chi connectivity index (χ4v) is 12.1. The zero-order chi connectivity index (χ0) is 81.6. The number of aromatic nitrogens is 9. The van der Waals surface area contributed by atoms with E-state index in [0.717, 1.165) is 12.1 Å². The molecule has 0 aliphatic heterocycles. The van der Waals surface area contributed by atoms with Gasteiger partial charge in [0.05, 0.1) is 51.0 Å². The zero-order valence-corrected chi connectivity index (χ0v) is 62.4. The van der Waals surface area contributed by atoms with Crippen LogP contribution < -0.4 is 49.0 Å². The van der Waals surface area contributed by atoms with Gasteiger partial charge in [-0.05, 0) is 152 Å². The monoisotopic (exact) mass is 1550 g/mol. The van der Waals surface area contributed by atoms with Gasteiger partial charge < -0.3 is 49.9 Å². The summed E-state index contributed by atoms with van der Waals surface area (Å²) in [6, 6.07) is 41.0. The molecule has 0 bridgehead atoms. The first-order valence-corrected chi connectivity index (χ1v) is 35.1. The van der Waals surface area contributed by atoms with Crippen molar-refractivity contribution >= 4 is 97.3 Å². The van der Waals surface area contributed by atoms with Crippen LogP contribution in [0.15, 0.2) is 229 Å². The number of carbonyl (C=O) groups excluding carboxylic acids is 4. The minimum absolute atomic E-state index is 0.00947. The number of rotatable bonds is 13. The molecule has 0 aliphatic rings. The predicted octanol–water partition coefficient (Wildman–Crippen LogP) is 14.6. The Morgan fingerprint density at radius 2 is 0.781 bits per heavy atom. The maximum absolute atomic E-state index is 14.0. The van der Waals surface area contributed by atoms with Crippen molar-refractivity contribution in [3.05, 3.63) is 283 Å². The van der Waals surface area contributed by atoms with Crippen molar-refractivity contribution in [2.75, 3.05) is 16.4 Å². The standard InChI is InChI=1S/C29H26FN5O5.C24H18FN5O3.C17H14FNO2.C12H14N4O4/c1-16(24-21(17-9-6-5-7-10-17)23(36)19-15-18(30)11-12-20(19)39-24)32-27(37)22-25(33-28(38)40-29(2,3)4)34-35-14-8-13-31-26(22)35;1-13(28-24(32)19-22(26)29-30-11-5-10-27-23(19)30)21-18(14-6-3-2-4-7-14)20(31)16-12-15(25)8-9-17(16)33-21;1-10(19)17-15(11-5-3-2-4-6-11)16(20)13-9-12(18)7-8-14(13)21-17;1-12(2,3)20-11(19)14-8-7(10(17)18)9-13-5-4-6-16(9)15-8/h5-16H,1-4H3,(H,32,37)(H,33,34,38);2-13H,1H3,(H2,26,29)(H,28,32);2-10H,19H2,1H3;4-6H,1-3H3,(H,17,18)(H,14,15,19)/t16-;13-;10-;/m000./s1. The molecule has 580 valence electrons. The zero-order valence-electron chi connectivity index (χ0n) is 62.4. The van der Waals surface area contributed by atoms with Crippen molar-refractivity contribution in [1.29, 1.82) is 0 Å². The number of amides is 4. The summed E-state index contributed by atoms with van der Waals surface area (Å²) in [6.45, 7) is 15.3. The number of fused-ring (bicyclic) bond motifs is 6. The van der Waals surface area contributed by atoms with E-state index in [-0.39, 0.29) is 101 Å². The summed E-state index contributed by atoms with van der Waals surface area (Å²) in [6.07, 6.45) is 7.65. The van der Waals surface area contributed by atoms with E-state index in [1.165, 1.54) is 80.8 Å². The normalized spacial score (nSPS) is 12.1. The van der Waals surface area contributed by atoms with Crippen LogP contribution in [-0.4, -0.2) is 90.1 Å². The lowest BCUT2D eigenvalue weighted by molar-refractivity contribution is 0.0622. The number of nitrogens with two attached hydrogens (primary N) is 2. The largest absolute Gasteiger partial charge is 0.477 e. The topological polar surface area (TPSA) is 405 Å². The molecule has 114 heavy (non-hydrogen) atoms. The molecule has 0 saturated heterocycles. The van der Waals surface area contributed by atoms with Crippen LogP contribution in [0.3, 0.4) is 0 Å². The Kier molecular flexibility index (Phi) is 22.7. The van der Waals surface area contributed by atoms with E-state index in [1.807, 2.05) is 36.4 Å². The highest BCUT2D eigenvalue weighted by molar-refractivity contribution is 6.07. The first-order valence-electron chi connectivity index (χ1n) is 35.1. The number of nitrogens with one attached hydrogen (secondary N) is 4. The van der Waals surface area contributed by atoms with Crippen LogP contribution in [0.5, 0.6) is 0 Å². The Morgan fingerprint density at radius 3 is 1.14 bits per heavy atom. The van der Waals surface area contributed by atoms with Crippen LogP contribution in [0.25, 0.3) is 83.2 Å². The maximum Gasteiger partial charge on any atom is 0.413 e. The number of carboxylic acid groups (broad SMARTS) is 1. The molecule has 9 N–H and O–H groups in total. The van der Waals surface area contributed by atoms with Crippen LogP contribution in [0.2, 0.25) is 0 Å². The fourth-order valence-electron chi connectivity index (χ4n) is 12.1. The van der Waals surface area contributed by atoms with Gasteiger partial charge in [0, 0.05) is 37.2 Å². The Labute approximate surface area is 644 Å². The van der Waals surface area contributed by atoms with Gasteiger partial charge in [0.1, 0.15) is 79.4 Å². The number of ether oxygens (including phenoxy) is 2. The van der Waals surface area contributed by atoms with Gasteiger partial charge in [0.2, 0.25) is 16.3 Å². The number of anilines is 3. The highest BCUT2D eigenvalue weighted by atomic mass is 19.1. The highest BCUT2D eigenvalue weighted by Crippen LogP contribution is 2.34. The number of hydrogen-bond donors (Lipinski definition) is 7. The van der Waals surface area contributed by atoms with Gasteiger partial charge in [-0.1, -0.05) is 91.0 Å². The minimum atomic E-state index is -1.23. The maximum atomic E-state index is 14.0. The van der Waals surface area contributed by atoms with E-state index in [4.69, 9.17) is 34.2 Å². The molecule has 3 atom stereocenters. The molecule has 9 aromatic heterocycles. The Morgan fingerprint density at radius 1 is 0.456 bits per heavy atom. The van der Waals surface area contributed by atoms with Crippen LogP contribution in [0, 0.1) is 17.5 Å². The van der Waals surface area contributed by atoms with Crippen LogP contribution in [0.4, 0.5) is 40.2 Å². The van der Waals surface area contributed by atoms with E-state index in [0.29, 0.717) is 39.2 Å². The minimum Gasteiger partial charge on any atom is -0.477 e. The van der Waals surface area contributed by atoms with Crippen LogP contribution in [0.1, 0.15) is 129 Å². The summed E-state index contributed by atoms with van der Waals surface area (Å²) in [4.78, 5) is 114. The van der Waals surface area contributed by atoms with Crippen molar-refractivity contribution in [3.8, 4) is 33.4 Å². The highest BCUT2D eigenvalue weighted by Gasteiger charge is 2.31. The van der Waals surface area contributed by atoms with Crippen molar-refractivity contribution in [1.82, 2.24) is 54.4 Å². The number of hydrogen-bond acceptors (Lipinski definition) is 21. The van der Waals surface area contributed by atoms with Crippen LogP contribution >= 0.6 is 0 Å². The Balaban J connectivity index is 0.000000146.